The summed E-state index contributed by atoms with van der Waals surface area (Å²) in [6.45, 7) is 5.74. The van der Waals surface area contributed by atoms with E-state index in [0.29, 0.717) is 13.2 Å². The molecule has 5 heteroatoms. The van der Waals surface area contributed by atoms with Gasteiger partial charge in [0.05, 0.1) is 13.2 Å². The molecule has 0 aromatic heterocycles. The molecule has 1 aromatic carbocycles. The van der Waals surface area contributed by atoms with E-state index in [1.54, 1.807) is 0 Å². The summed E-state index contributed by atoms with van der Waals surface area (Å²) in [5.74, 6) is 1.54. The predicted molar refractivity (Wildman–Crippen MR) is 81.3 cm³/mol. The van der Waals surface area contributed by atoms with E-state index in [9.17, 15) is 4.79 Å². The molecule has 0 bridgehead atoms. The molecule has 22 heavy (non-hydrogen) atoms. The molecule has 0 amide bonds. The van der Waals surface area contributed by atoms with Gasteiger partial charge >= 0.3 is 5.97 Å². The van der Waals surface area contributed by atoms with Crippen LogP contribution in [0, 0.1) is 12.3 Å². The van der Waals surface area contributed by atoms with E-state index in [2.05, 4.69) is 5.92 Å². The molecule has 0 spiro atoms. The molecule has 1 saturated heterocycles. The van der Waals surface area contributed by atoms with Crippen molar-refractivity contribution in [3.63, 3.8) is 0 Å². The molecule has 2 rings (SSSR count). The van der Waals surface area contributed by atoms with Gasteiger partial charge in [0.2, 0.25) is 0 Å². The first kappa shape index (κ1) is 16.5. The lowest BCUT2D eigenvalue weighted by molar-refractivity contribution is -0.212. The van der Waals surface area contributed by atoms with Crippen LogP contribution in [0.2, 0.25) is 0 Å². The van der Waals surface area contributed by atoms with E-state index in [0.717, 1.165) is 5.56 Å². The molecule has 0 aliphatic carbocycles. The van der Waals surface area contributed by atoms with Crippen LogP contribution in [0.25, 0.3) is 0 Å². The van der Waals surface area contributed by atoms with E-state index in [1.807, 2.05) is 44.2 Å². The van der Waals surface area contributed by atoms with Crippen LogP contribution in [0.15, 0.2) is 30.3 Å². The van der Waals surface area contributed by atoms with Crippen LogP contribution in [0.5, 0.6) is 0 Å². The molecule has 118 valence electrons. The van der Waals surface area contributed by atoms with Crippen LogP contribution >= 0.6 is 0 Å². The summed E-state index contributed by atoms with van der Waals surface area (Å²) in [6, 6.07) is 9.13. The highest BCUT2D eigenvalue weighted by Crippen LogP contribution is 2.27. The van der Waals surface area contributed by atoms with Gasteiger partial charge in [-0.15, -0.1) is 11.5 Å². The number of carbonyl (C=O) groups excluding carboxylic acids is 1. The fourth-order valence-corrected chi connectivity index (χ4v) is 2.36. The van der Waals surface area contributed by atoms with Gasteiger partial charge in [0.15, 0.2) is 5.79 Å². The Morgan fingerprint density at radius 2 is 2.18 bits per heavy atom. The highest BCUT2D eigenvalue weighted by Gasteiger charge is 2.40. The monoisotopic (exact) mass is 303 g/mol. The highest BCUT2D eigenvalue weighted by molar-refractivity contribution is 5.65. The van der Waals surface area contributed by atoms with Crippen molar-refractivity contribution in [3.05, 3.63) is 35.9 Å². The van der Waals surface area contributed by atoms with Gasteiger partial charge in [-0.3, -0.25) is 4.79 Å². The molecular formula is C17H21NO4. The lowest BCUT2D eigenvalue weighted by Crippen LogP contribution is -2.44. The summed E-state index contributed by atoms with van der Waals surface area (Å²) >= 11 is 0. The van der Waals surface area contributed by atoms with E-state index in [1.165, 1.54) is 12.0 Å². The quantitative estimate of drug-likeness (QED) is 0.616. The van der Waals surface area contributed by atoms with Crippen LogP contribution < -0.4 is 0 Å². The Hall–Kier alpha value is -1.87. The van der Waals surface area contributed by atoms with Crippen LogP contribution in [-0.2, 0) is 25.7 Å². The predicted octanol–water partition coefficient (Wildman–Crippen LogP) is 2.12. The topological polar surface area (TPSA) is 48.0 Å². The number of hydrogen-bond donors (Lipinski definition) is 0. The largest absolute Gasteiger partial charge is 0.367 e. The van der Waals surface area contributed by atoms with Gasteiger partial charge in [0, 0.05) is 6.92 Å². The molecule has 5 nitrogen and oxygen atoms in total. The van der Waals surface area contributed by atoms with Gasteiger partial charge in [0.25, 0.3) is 0 Å². The van der Waals surface area contributed by atoms with Crippen LogP contribution in [-0.4, -0.2) is 35.6 Å². The van der Waals surface area contributed by atoms with Crippen LogP contribution in [0.3, 0.4) is 0 Å². The molecule has 0 saturated carbocycles. The van der Waals surface area contributed by atoms with Gasteiger partial charge in [-0.05, 0) is 19.4 Å². The minimum Gasteiger partial charge on any atom is -0.367 e. The van der Waals surface area contributed by atoms with Crippen molar-refractivity contribution in [2.75, 3.05) is 6.61 Å². The number of nitrogens with zero attached hydrogens (tertiary/aromatic N) is 1. The summed E-state index contributed by atoms with van der Waals surface area (Å²) < 4.78 is 11.4. The Bertz CT molecular complexity index is 550. The summed E-state index contributed by atoms with van der Waals surface area (Å²) in [7, 11) is 0. The second-order valence-corrected chi connectivity index (χ2v) is 5.62. The van der Waals surface area contributed by atoms with Crippen molar-refractivity contribution in [3.8, 4) is 12.3 Å². The molecule has 1 fully saturated rings. The molecule has 0 N–H and O–H groups in total. The first-order valence-corrected chi connectivity index (χ1v) is 7.18. The molecule has 2 atom stereocenters. The third kappa shape index (κ3) is 4.31. The average Bonchev–Trinajstić information content (AvgIpc) is 2.80. The van der Waals surface area contributed by atoms with E-state index >= 15 is 0 Å². The summed E-state index contributed by atoms with van der Waals surface area (Å²) in [5.41, 5.74) is 0.988. The molecule has 1 aromatic rings. The summed E-state index contributed by atoms with van der Waals surface area (Å²) in [5, 5.41) is 1.48. The maximum absolute atomic E-state index is 11.4. The highest BCUT2D eigenvalue weighted by atomic mass is 16.8. The second-order valence-electron chi connectivity index (χ2n) is 5.62. The zero-order chi connectivity index (χ0) is 16.2. The minimum absolute atomic E-state index is 0.356. The number of hydroxylamine groups is 2. The van der Waals surface area contributed by atoms with Gasteiger partial charge in [-0.1, -0.05) is 36.3 Å². The zero-order valence-corrected chi connectivity index (χ0v) is 13.1. The molecule has 1 heterocycles. The Morgan fingerprint density at radius 3 is 2.68 bits per heavy atom. The number of terminal acetylenes is 1. The van der Waals surface area contributed by atoms with Crippen molar-refractivity contribution < 1.29 is 19.1 Å². The third-order valence-corrected chi connectivity index (χ3v) is 3.29. The lowest BCUT2D eigenvalue weighted by Gasteiger charge is -2.29. The molecule has 1 aliphatic heterocycles. The summed E-state index contributed by atoms with van der Waals surface area (Å²) in [6.07, 6.45) is 5.29. The van der Waals surface area contributed by atoms with E-state index in [-0.39, 0.29) is 6.10 Å². The minimum atomic E-state index is -0.686. The van der Waals surface area contributed by atoms with Crippen molar-refractivity contribution in [2.24, 2.45) is 0 Å². The number of rotatable bonds is 5. The Labute approximate surface area is 131 Å². The smallest absolute Gasteiger partial charge is 0.322 e. The average molecular weight is 303 g/mol. The second kappa shape index (κ2) is 6.93. The molecular weight excluding hydrogens is 282 g/mol. The summed E-state index contributed by atoms with van der Waals surface area (Å²) in [4.78, 5) is 16.7. The maximum atomic E-state index is 11.4. The maximum Gasteiger partial charge on any atom is 0.322 e. The Balaban J connectivity index is 2.16. The Kier molecular flexibility index (Phi) is 5.19. The van der Waals surface area contributed by atoms with Crippen molar-refractivity contribution in [2.45, 2.75) is 45.2 Å². The zero-order valence-electron chi connectivity index (χ0n) is 13.1. The number of benzene rings is 1. The Morgan fingerprint density at radius 1 is 1.50 bits per heavy atom. The standard InChI is InChI=1S/C17H21NO4/c1-5-15(16-12-20-17(3,4)21-16)18(22-13(2)19)11-14-9-7-6-8-10-14/h1,6-10,15-16H,11-12H2,2-4H3/t15-,16-/m1/s1. The lowest BCUT2D eigenvalue weighted by atomic mass is 10.1. The van der Waals surface area contributed by atoms with E-state index in [4.69, 9.17) is 20.7 Å². The normalized spacial score (nSPS) is 21.3. The first-order chi connectivity index (χ1) is 10.4. The molecule has 0 unspecified atom stereocenters. The fraction of sp³-hybridized carbons (Fsp3) is 0.471. The SMILES string of the molecule is C#C[C@H]([C@H]1COC(C)(C)O1)N(Cc1ccccc1)OC(C)=O. The number of ether oxygens (including phenoxy) is 2. The van der Waals surface area contributed by atoms with Gasteiger partial charge < -0.3 is 14.3 Å². The van der Waals surface area contributed by atoms with Gasteiger partial charge in [-0.25, -0.2) is 0 Å². The van der Waals surface area contributed by atoms with Crippen molar-refractivity contribution in [1.82, 2.24) is 5.06 Å². The van der Waals surface area contributed by atoms with Crippen LogP contribution in [0.1, 0.15) is 26.3 Å². The van der Waals surface area contributed by atoms with Gasteiger partial charge in [0.1, 0.15) is 12.1 Å². The van der Waals surface area contributed by atoms with Crippen molar-refractivity contribution >= 4 is 5.97 Å². The fourth-order valence-electron chi connectivity index (χ4n) is 2.36. The van der Waals surface area contributed by atoms with Gasteiger partial charge in [-0.2, -0.15) is 0 Å². The number of hydrogen-bond acceptors (Lipinski definition) is 5. The van der Waals surface area contributed by atoms with E-state index < -0.39 is 17.8 Å². The third-order valence-electron chi connectivity index (χ3n) is 3.29. The number of carbonyl (C=O) groups is 1. The molecule has 0 radical (unpaired) electrons. The first-order valence-electron chi connectivity index (χ1n) is 7.18. The van der Waals surface area contributed by atoms with Crippen molar-refractivity contribution in [1.29, 1.82) is 0 Å². The van der Waals surface area contributed by atoms with Crippen LogP contribution in [0.4, 0.5) is 0 Å². The molecule has 1 aliphatic rings.